The summed E-state index contributed by atoms with van der Waals surface area (Å²) in [5, 5.41) is 19.4. The zero-order valence-corrected chi connectivity index (χ0v) is 18.1. The number of ether oxygens (including phenoxy) is 1. The van der Waals surface area contributed by atoms with Crippen molar-refractivity contribution in [2.24, 2.45) is 0 Å². The van der Waals surface area contributed by atoms with E-state index in [4.69, 9.17) is 9.84 Å². The summed E-state index contributed by atoms with van der Waals surface area (Å²) in [6, 6.07) is 19.4. The van der Waals surface area contributed by atoms with Gasteiger partial charge in [0.2, 0.25) is 5.78 Å². The third-order valence-electron chi connectivity index (χ3n) is 5.00. The maximum absolute atomic E-state index is 13.5. The molecule has 1 aromatic heterocycles. The minimum absolute atomic E-state index is 0.118. The molecule has 0 unspecified atom stereocenters. The number of thiophene rings is 1. The van der Waals surface area contributed by atoms with Crippen molar-refractivity contribution in [1.29, 1.82) is 0 Å². The smallest absolute Gasteiger partial charge is 0.328 e. The van der Waals surface area contributed by atoms with E-state index in [9.17, 15) is 14.7 Å². The molecule has 0 aliphatic rings. The van der Waals surface area contributed by atoms with Crippen molar-refractivity contribution < 1.29 is 24.5 Å². The van der Waals surface area contributed by atoms with E-state index in [1.54, 1.807) is 42.5 Å². The Kier molecular flexibility index (Phi) is 6.05. The fourth-order valence-corrected chi connectivity index (χ4v) is 4.53. The maximum atomic E-state index is 13.5. The number of aryl methyl sites for hydroxylation is 1. The molecule has 1 heterocycles. The molecule has 3 aromatic carbocycles. The minimum atomic E-state index is -1.02. The number of rotatable bonds is 7. The molecule has 0 aliphatic heterocycles. The molecule has 4 rings (SSSR count). The van der Waals surface area contributed by atoms with Crippen LogP contribution in [-0.4, -0.2) is 22.0 Å². The predicted molar refractivity (Wildman–Crippen MR) is 126 cm³/mol. The lowest BCUT2D eigenvalue weighted by Crippen LogP contribution is -2.04. The van der Waals surface area contributed by atoms with Crippen LogP contribution >= 0.6 is 11.3 Å². The van der Waals surface area contributed by atoms with E-state index in [0.717, 1.165) is 28.1 Å². The van der Waals surface area contributed by atoms with Crippen molar-refractivity contribution in [3.8, 4) is 17.2 Å². The van der Waals surface area contributed by atoms with Gasteiger partial charge in [0.25, 0.3) is 0 Å². The first-order chi connectivity index (χ1) is 15.5. The first kappa shape index (κ1) is 21.3. The molecule has 0 saturated carbocycles. The van der Waals surface area contributed by atoms with E-state index in [2.05, 4.69) is 0 Å². The van der Waals surface area contributed by atoms with Crippen LogP contribution in [0.1, 0.15) is 33.3 Å². The average Bonchev–Trinajstić information content (AvgIpc) is 3.15. The van der Waals surface area contributed by atoms with Crippen LogP contribution < -0.4 is 4.74 Å². The first-order valence-electron chi connectivity index (χ1n) is 10.0. The van der Waals surface area contributed by atoms with E-state index >= 15 is 0 Å². The van der Waals surface area contributed by atoms with E-state index < -0.39 is 5.97 Å². The van der Waals surface area contributed by atoms with Gasteiger partial charge in [-0.2, -0.15) is 0 Å². The van der Waals surface area contributed by atoms with Gasteiger partial charge in [0.1, 0.15) is 16.4 Å². The molecule has 5 nitrogen and oxygen atoms in total. The normalized spacial score (nSPS) is 11.2. The van der Waals surface area contributed by atoms with Gasteiger partial charge >= 0.3 is 5.97 Å². The largest absolute Gasteiger partial charge is 0.508 e. The summed E-state index contributed by atoms with van der Waals surface area (Å²) < 4.78 is 6.92. The molecule has 0 atom stereocenters. The number of carbonyl (C=O) groups excluding carboxylic acids is 1. The molecule has 6 heteroatoms. The molecule has 2 N–H and O–H groups in total. The number of carboxylic acid groups (broad SMARTS) is 1. The van der Waals surface area contributed by atoms with Gasteiger partial charge < -0.3 is 14.9 Å². The number of carboxylic acids is 1. The summed E-state index contributed by atoms with van der Waals surface area (Å²) in [7, 11) is 0. The number of carbonyl (C=O) groups is 2. The summed E-state index contributed by atoms with van der Waals surface area (Å²) >= 11 is 1.28. The van der Waals surface area contributed by atoms with Crippen LogP contribution in [0.25, 0.3) is 16.2 Å². The Balaban J connectivity index is 1.76. The Morgan fingerprint density at radius 1 is 1.03 bits per heavy atom. The van der Waals surface area contributed by atoms with Crippen LogP contribution in [0.5, 0.6) is 17.2 Å². The summed E-state index contributed by atoms with van der Waals surface area (Å²) in [6.07, 6.45) is 3.29. The van der Waals surface area contributed by atoms with Crippen molar-refractivity contribution >= 4 is 39.3 Å². The second-order valence-electron chi connectivity index (χ2n) is 7.12. The quantitative estimate of drug-likeness (QED) is 0.258. The number of ketones is 1. The van der Waals surface area contributed by atoms with Gasteiger partial charge in [0, 0.05) is 21.7 Å². The van der Waals surface area contributed by atoms with Gasteiger partial charge in [0.15, 0.2) is 5.75 Å². The monoisotopic (exact) mass is 444 g/mol. The number of phenolic OH excluding ortho intramolecular Hbond substituents is 1. The zero-order chi connectivity index (χ0) is 22.7. The summed E-state index contributed by atoms with van der Waals surface area (Å²) in [5.74, 6) is -0.0707. The Bertz CT molecular complexity index is 1330. The number of aliphatic carboxylic acids is 1. The fraction of sp³-hybridized carbons (Fsp3) is 0.0769. The molecule has 0 saturated heterocycles. The summed E-state index contributed by atoms with van der Waals surface area (Å²) in [5.41, 5.74) is 2.30. The molecule has 0 bridgehead atoms. The van der Waals surface area contributed by atoms with Crippen LogP contribution in [0, 0.1) is 0 Å². The SMILES string of the molecule is CCc1ccccc1C(=O)c1sc2cc(O)ccc2c1Oc1ccc(C=CC(=O)O)cc1. The van der Waals surface area contributed by atoms with E-state index in [0.29, 0.717) is 27.5 Å². The Morgan fingerprint density at radius 2 is 1.78 bits per heavy atom. The lowest BCUT2D eigenvalue weighted by atomic mass is 10.0. The second kappa shape index (κ2) is 9.08. The molecule has 0 amide bonds. The minimum Gasteiger partial charge on any atom is -0.508 e. The van der Waals surface area contributed by atoms with Gasteiger partial charge in [-0.05, 0) is 54.0 Å². The summed E-state index contributed by atoms with van der Waals surface area (Å²) in [4.78, 5) is 24.7. The lowest BCUT2D eigenvalue weighted by molar-refractivity contribution is -0.131. The highest BCUT2D eigenvalue weighted by Crippen LogP contribution is 2.43. The van der Waals surface area contributed by atoms with Crippen molar-refractivity contribution in [2.45, 2.75) is 13.3 Å². The van der Waals surface area contributed by atoms with Crippen LogP contribution in [0.4, 0.5) is 0 Å². The highest BCUT2D eigenvalue weighted by molar-refractivity contribution is 7.21. The third kappa shape index (κ3) is 4.40. The van der Waals surface area contributed by atoms with E-state index in [1.807, 2.05) is 31.2 Å². The highest BCUT2D eigenvalue weighted by atomic mass is 32.1. The number of phenols is 1. The average molecular weight is 445 g/mol. The van der Waals surface area contributed by atoms with Gasteiger partial charge in [0.05, 0.1) is 0 Å². The molecule has 0 aliphatic carbocycles. The van der Waals surface area contributed by atoms with Gasteiger partial charge in [-0.3, -0.25) is 4.79 Å². The van der Waals surface area contributed by atoms with Crippen molar-refractivity contribution in [2.75, 3.05) is 0 Å². The number of fused-ring (bicyclic) bond motifs is 1. The molecule has 32 heavy (non-hydrogen) atoms. The standard InChI is InChI=1S/C26H20O5S/c1-2-17-5-3-4-6-20(17)24(30)26-25(21-13-10-18(27)15-22(21)32-26)31-19-11-7-16(8-12-19)9-14-23(28)29/h3-15,27H,2H2,1H3,(H,28,29). The van der Waals surface area contributed by atoms with Crippen LogP contribution in [0.2, 0.25) is 0 Å². The second-order valence-corrected chi connectivity index (χ2v) is 8.18. The topological polar surface area (TPSA) is 83.8 Å². The molecule has 0 fully saturated rings. The van der Waals surface area contributed by atoms with Gasteiger partial charge in [-0.25, -0.2) is 4.79 Å². The van der Waals surface area contributed by atoms with Crippen LogP contribution in [0.15, 0.2) is 72.8 Å². The predicted octanol–water partition coefficient (Wildman–Crippen LogP) is 6.29. The van der Waals surface area contributed by atoms with Crippen molar-refractivity contribution in [1.82, 2.24) is 0 Å². The molecule has 160 valence electrons. The molecular weight excluding hydrogens is 424 g/mol. The zero-order valence-electron chi connectivity index (χ0n) is 17.2. The van der Waals surface area contributed by atoms with Crippen molar-refractivity contribution in [3.63, 3.8) is 0 Å². The highest BCUT2D eigenvalue weighted by Gasteiger charge is 2.23. The number of aromatic hydroxyl groups is 1. The molecule has 0 radical (unpaired) electrons. The Labute approximate surface area is 188 Å². The summed E-state index contributed by atoms with van der Waals surface area (Å²) in [6.45, 7) is 2.01. The Hall–Kier alpha value is -3.90. The fourth-order valence-electron chi connectivity index (χ4n) is 3.42. The van der Waals surface area contributed by atoms with Crippen LogP contribution in [0.3, 0.4) is 0 Å². The van der Waals surface area contributed by atoms with Crippen molar-refractivity contribution in [3.05, 3.63) is 94.4 Å². The number of hydrogen-bond donors (Lipinski definition) is 2. The van der Waals surface area contributed by atoms with E-state index in [1.165, 1.54) is 17.4 Å². The van der Waals surface area contributed by atoms with Gasteiger partial charge in [-0.15, -0.1) is 11.3 Å². The number of hydrogen-bond acceptors (Lipinski definition) is 5. The van der Waals surface area contributed by atoms with E-state index in [-0.39, 0.29) is 11.5 Å². The van der Waals surface area contributed by atoms with Crippen LogP contribution in [-0.2, 0) is 11.2 Å². The maximum Gasteiger partial charge on any atom is 0.328 e. The lowest BCUT2D eigenvalue weighted by Gasteiger charge is -2.10. The Morgan fingerprint density at radius 3 is 2.50 bits per heavy atom. The molecule has 0 spiro atoms. The third-order valence-corrected chi connectivity index (χ3v) is 6.13. The number of benzene rings is 3. The first-order valence-corrected chi connectivity index (χ1v) is 10.8. The van der Waals surface area contributed by atoms with Gasteiger partial charge in [-0.1, -0.05) is 43.3 Å². The molecular formula is C26H20O5S. The molecule has 4 aromatic rings.